The SMILES string of the molecule is C=C(C)C1Cc2c(ccc(C(=O)C3CCOc4cc(OC)c(OC)cc43)c2OC(C)=O)O1. The Balaban J connectivity index is 1.78. The molecule has 7 heteroatoms. The van der Waals surface area contributed by atoms with E-state index in [1.165, 1.54) is 6.92 Å². The maximum Gasteiger partial charge on any atom is 0.308 e. The molecule has 2 heterocycles. The van der Waals surface area contributed by atoms with Gasteiger partial charge in [0, 0.05) is 30.5 Å². The number of carbonyl (C=O) groups is 2. The zero-order chi connectivity index (χ0) is 23.0. The molecule has 0 spiro atoms. The van der Waals surface area contributed by atoms with Gasteiger partial charge in [0.2, 0.25) is 0 Å². The van der Waals surface area contributed by atoms with Crippen molar-refractivity contribution in [1.29, 1.82) is 0 Å². The van der Waals surface area contributed by atoms with Crippen molar-refractivity contribution in [2.24, 2.45) is 0 Å². The third-order valence-corrected chi connectivity index (χ3v) is 5.81. The average molecular weight is 438 g/mol. The molecule has 0 N–H and O–H groups in total. The van der Waals surface area contributed by atoms with E-state index in [-0.39, 0.29) is 17.6 Å². The molecule has 2 aliphatic heterocycles. The predicted molar refractivity (Wildman–Crippen MR) is 117 cm³/mol. The summed E-state index contributed by atoms with van der Waals surface area (Å²) in [5, 5.41) is 0. The first kappa shape index (κ1) is 21.7. The number of methoxy groups -OCH3 is 2. The van der Waals surface area contributed by atoms with Crippen molar-refractivity contribution in [2.45, 2.75) is 38.7 Å². The summed E-state index contributed by atoms with van der Waals surface area (Å²) in [6.45, 7) is 7.55. The van der Waals surface area contributed by atoms with Gasteiger partial charge in [-0.1, -0.05) is 6.58 Å². The van der Waals surface area contributed by atoms with E-state index in [0.29, 0.717) is 59.1 Å². The second-order valence-electron chi connectivity index (χ2n) is 7.97. The van der Waals surface area contributed by atoms with Crippen LogP contribution in [0.5, 0.6) is 28.7 Å². The molecular formula is C25H26O7. The monoisotopic (exact) mass is 438 g/mol. The van der Waals surface area contributed by atoms with Gasteiger partial charge in [0.05, 0.1) is 32.3 Å². The van der Waals surface area contributed by atoms with Crippen molar-refractivity contribution >= 4 is 11.8 Å². The van der Waals surface area contributed by atoms with E-state index in [1.54, 1.807) is 38.5 Å². The molecule has 0 amide bonds. The minimum absolute atomic E-state index is 0.153. The van der Waals surface area contributed by atoms with Gasteiger partial charge in [-0.05, 0) is 37.1 Å². The molecule has 32 heavy (non-hydrogen) atoms. The van der Waals surface area contributed by atoms with Gasteiger partial charge in [-0.3, -0.25) is 9.59 Å². The smallest absolute Gasteiger partial charge is 0.308 e. The number of ketones is 1. The number of carbonyl (C=O) groups excluding carboxylic acids is 2. The van der Waals surface area contributed by atoms with Gasteiger partial charge in [-0.15, -0.1) is 0 Å². The van der Waals surface area contributed by atoms with Crippen LogP contribution in [0.15, 0.2) is 36.4 Å². The Hall–Kier alpha value is -3.48. The molecule has 7 nitrogen and oxygen atoms in total. The number of Topliss-reactive ketones (excluding diaryl/α,β-unsaturated/α-hetero) is 1. The second-order valence-corrected chi connectivity index (χ2v) is 7.97. The van der Waals surface area contributed by atoms with E-state index < -0.39 is 11.9 Å². The van der Waals surface area contributed by atoms with Crippen LogP contribution in [0.2, 0.25) is 0 Å². The van der Waals surface area contributed by atoms with Gasteiger partial charge in [-0.2, -0.15) is 0 Å². The van der Waals surface area contributed by atoms with E-state index in [0.717, 1.165) is 5.57 Å². The zero-order valence-corrected chi connectivity index (χ0v) is 18.7. The Morgan fingerprint density at radius 1 is 1.06 bits per heavy atom. The van der Waals surface area contributed by atoms with Crippen molar-refractivity contribution < 1.29 is 33.3 Å². The average Bonchev–Trinajstić information content (AvgIpc) is 3.22. The van der Waals surface area contributed by atoms with Gasteiger partial charge < -0.3 is 23.7 Å². The lowest BCUT2D eigenvalue weighted by Gasteiger charge is -2.27. The third-order valence-electron chi connectivity index (χ3n) is 5.81. The molecule has 0 bridgehead atoms. The molecule has 168 valence electrons. The van der Waals surface area contributed by atoms with Crippen LogP contribution < -0.4 is 23.7 Å². The maximum atomic E-state index is 13.8. The van der Waals surface area contributed by atoms with Crippen LogP contribution in [0.3, 0.4) is 0 Å². The highest BCUT2D eigenvalue weighted by atomic mass is 16.5. The summed E-state index contributed by atoms with van der Waals surface area (Å²) in [5.41, 5.74) is 2.63. The zero-order valence-electron chi connectivity index (χ0n) is 18.7. The molecule has 0 aromatic heterocycles. The standard InChI is InChI=1S/C25H26O7/c1-13(2)20-11-18-19(32-20)7-6-16(25(18)31-14(3)26)24(27)15-8-9-30-21-12-23(29-5)22(28-4)10-17(15)21/h6-7,10,12,15,20H,1,8-9,11H2,2-5H3. The number of benzene rings is 2. The molecule has 2 aliphatic rings. The highest BCUT2D eigenvalue weighted by molar-refractivity contribution is 6.05. The molecule has 0 saturated carbocycles. The molecule has 2 unspecified atom stereocenters. The Morgan fingerprint density at radius 2 is 1.78 bits per heavy atom. The van der Waals surface area contributed by atoms with Crippen molar-refractivity contribution in [2.75, 3.05) is 20.8 Å². The lowest BCUT2D eigenvalue weighted by molar-refractivity contribution is -0.131. The first-order valence-electron chi connectivity index (χ1n) is 10.4. The Morgan fingerprint density at radius 3 is 2.44 bits per heavy atom. The minimum atomic E-state index is -0.495. The summed E-state index contributed by atoms with van der Waals surface area (Å²) >= 11 is 0. The highest BCUT2D eigenvalue weighted by Gasteiger charge is 2.35. The molecule has 2 aromatic carbocycles. The number of ether oxygens (including phenoxy) is 5. The summed E-state index contributed by atoms with van der Waals surface area (Å²) in [6, 6.07) is 6.92. The fourth-order valence-corrected chi connectivity index (χ4v) is 4.20. The van der Waals surface area contributed by atoms with Crippen molar-refractivity contribution in [1.82, 2.24) is 0 Å². The van der Waals surface area contributed by atoms with Crippen LogP contribution in [-0.2, 0) is 11.2 Å². The molecule has 0 aliphatic carbocycles. The highest BCUT2D eigenvalue weighted by Crippen LogP contribution is 2.45. The van der Waals surface area contributed by atoms with Crippen LogP contribution >= 0.6 is 0 Å². The quantitative estimate of drug-likeness (QED) is 0.289. The molecule has 0 fully saturated rings. The van der Waals surface area contributed by atoms with Crippen molar-refractivity contribution in [3.8, 4) is 28.7 Å². The minimum Gasteiger partial charge on any atom is -0.493 e. The van der Waals surface area contributed by atoms with E-state index in [9.17, 15) is 9.59 Å². The number of rotatable bonds is 6. The number of esters is 1. The first-order chi connectivity index (χ1) is 15.3. The van der Waals surface area contributed by atoms with Gasteiger partial charge in [0.1, 0.15) is 23.4 Å². The van der Waals surface area contributed by atoms with Crippen molar-refractivity contribution in [3.63, 3.8) is 0 Å². The topological polar surface area (TPSA) is 80.3 Å². The van der Waals surface area contributed by atoms with Crippen LogP contribution in [0, 0.1) is 0 Å². The van der Waals surface area contributed by atoms with E-state index in [2.05, 4.69) is 6.58 Å². The molecule has 2 aromatic rings. The second kappa shape index (κ2) is 8.57. The van der Waals surface area contributed by atoms with Crippen LogP contribution in [0.25, 0.3) is 0 Å². The fourth-order valence-electron chi connectivity index (χ4n) is 4.20. The lowest BCUT2D eigenvalue weighted by atomic mass is 9.85. The summed E-state index contributed by atoms with van der Waals surface area (Å²) in [7, 11) is 3.09. The Labute approximate surface area is 186 Å². The van der Waals surface area contributed by atoms with Gasteiger partial charge in [0.25, 0.3) is 0 Å². The first-order valence-corrected chi connectivity index (χ1v) is 10.4. The lowest BCUT2D eigenvalue weighted by Crippen LogP contribution is -2.23. The molecular weight excluding hydrogens is 412 g/mol. The van der Waals surface area contributed by atoms with E-state index >= 15 is 0 Å². The number of fused-ring (bicyclic) bond motifs is 2. The van der Waals surface area contributed by atoms with Crippen LogP contribution in [0.1, 0.15) is 47.7 Å². The normalized spacial score (nSPS) is 18.5. The third kappa shape index (κ3) is 3.79. The summed E-state index contributed by atoms with van der Waals surface area (Å²) < 4.78 is 28.0. The Bertz CT molecular complexity index is 1100. The summed E-state index contributed by atoms with van der Waals surface area (Å²) in [6.07, 6.45) is 0.761. The van der Waals surface area contributed by atoms with Crippen LogP contribution in [0.4, 0.5) is 0 Å². The van der Waals surface area contributed by atoms with E-state index in [4.69, 9.17) is 23.7 Å². The summed E-state index contributed by atoms with van der Waals surface area (Å²) in [5.74, 6) is 1.35. The predicted octanol–water partition coefficient (Wildman–Crippen LogP) is 4.26. The summed E-state index contributed by atoms with van der Waals surface area (Å²) in [4.78, 5) is 25.6. The number of hydrogen-bond acceptors (Lipinski definition) is 7. The maximum absolute atomic E-state index is 13.8. The van der Waals surface area contributed by atoms with Gasteiger partial charge >= 0.3 is 5.97 Å². The molecule has 0 radical (unpaired) electrons. The number of hydrogen-bond donors (Lipinski definition) is 0. The van der Waals surface area contributed by atoms with Gasteiger partial charge in [-0.25, -0.2) is 0 Å². The fraction of sp³-hybridized carbons (Fsp3) is 0.360. The largest absolute Gasteiger partial charge is 0.493 e. The molecule has 0 saturated heterocycles. The van der Waals surface area contributed by atoms with Gasteiger partial charge in [0.15, 0.2) is 17.3 Å². The van der Waals surface area contributed by atoms with Crippen LogP contribution in [-0.4, -0.2) is 38.7 Å². The Kier molecular flexibility index (Phi) is 5.82. The van der Waals surface area contributed by atoms with E-state index in [1.807, 2.05) is 6.92 Å². The molecule has 2 atom stereocenters. The molecule has 4 rings (SSSR count). The van der Waals surface area contributed by atoms with Crippen molar-refractivity contribution in [3.05, 3.63) is 53.1 Å².